The summed E-state index contributed by atoms with van der Waals surface area (Å²) < 4.78 is 13.3. The molecule has 0 aliphatic heterocycles. The van der Waals surface area contributed by atoms with Crippen LogP contribution in [0.1, 0.15) is 13.8 Å². The molecule has 8 heteroatoms. The highest BCUT2D eigenvalue weighted by molar-refractivity contribution is 5.80. The molecule has 0 spiro atoms. The SMILES string of the molecule is CCN(CC)C(=O)CNc1nc(NN)ncc1F. The van der Waals surface area contributed by atoms with Gasteiger partial charge in [-0.3, -0.25) is 10.2 Å². The second-order valence-corrected chi connectivity index (χ2v) is 3.45. The summed E-state index contributed by atoms with van der Waals surface area (Å²) >= 11 is 0. The fourth-order valence-electron chi connectivity index (χ4n) is 1.41. The van der Waals surface area contributed by atoms with E-state index < -0.39 is 5.82 Å². The highest BCUT2D eigenvalue weighted by Gasteiger charge is 2.11. The highest BCUT2D eigenvalue weighted by Crippen LogP contribution is 2.10. The smallest absolute Gasteiger partial charge is 0.241 e. The first kappa shape index (κ1) is 14.1. The minimum atomic E-state index is -0.638. The van der Waals surface area contributed by atoms with Gasteiger partial charge in [-0.05, 0) is 13.8 Å². The second-order valence-electron chi connectivity index (χ2n) is 3.45. The average molecular weight is 256 g/mol. The maximum Gasteiger partial charge on any atom is 0.241 e. The molecular formula is C10H17FN6O. The van der Waals surface area contributed by atoms with Gasteiger partial charge in [0.05, 0.1) is 12.7 Å². The molecule has 0 saturated heterocycles. The lowest BCUT2D eigenvalue weighted by molar-refractivity contribution is -0.128. The molecule has 0 aromatic carbocycles. The topological polar surface area (TPSA) is 96.2 Å². The van der Waals surface area contributed by atoms with E-state index in [2.05, 4.69) is 20.7 Å². The van der Waals surface area contributed by atoms with Crippen molar-refractivity contribution in [2.24, 2.45) is 5.84 Å². The zero-order valence-electron chi connectivity index (χ0n) is 10.4. The number of carbonyl (C=O) groups excluding carboxylic acids is 1. The van der Waals surface area contributed by atoms with E-state index in [1.807, 2.05) is 13.8 Å². The number of nitrogens with zero attached hydrogens (tertiary/aromatic N) is 3. The molecule has 18 heavy (non-hydrogen) atoms. The molecule has 0 atom stereocenters. The molecule has 1 amide bonds. The van der Waals surface area contributed by atoms with Gasteiger partial charge in [0.1, 0.15) is 0 Å². The zero-order valence-corrected chi connectivity index (χ0v) is 10.4. The van der Waals surface area contributed by atoms with Crippen LogP contribution in [0.15, 0.2) is 6.20 Å². The van der Waals surface area contributed by atoms with Gasteiger partial charge in [-0.25, -0.2) is 15.2 Å². The highest BCUT2D eigenvalue weighted by atomic mass is 19.1. The molecule has 0 fully saturated rings. The van der Waals surface area contributed by atoms with Gasteiger partial charge in [0, 0.05) is 13.1 Å². The number of likely N-dealkylation sites (N-methyl/N-ethyl adjacent to an activating group) is 1. The van der Waals surface area contributed by atoms with Crippen molar-refractivity contribution in [3.63, 3.8) is 0 Å². The summed E-state index contributed by atoms with van der Waals surface area (Å²) in [7, 11) is 0. The van der Waals surface area contributed by atoms with Gasteiger partial charge in [0.15, 0.2) is 11.6 Å². The van der Waals surface area contributed by atoms with Crippen LogP contribution in [0.2, 0.25) is 0 Å². The summed E-state index contributed by atoms with van der Waals surface area (Å²) in [5.74, 6) is 4.37. The van der Waals surface area contributed by atoms with Gasteiger partial charge in [0.25, 0.3) is 0 Å². The molecule has 0 aliphatic rings. The van der Waals surface area contributed by atoms with E-state index in [0.29, 0.717) is 13.1 Å². The van der Waals surface area contributed by atoms with Crippen molar-refractivity contribution in [3.8, 4) is 0 Å². The summed E-state index contributed by atoms with van der Waals surface area (Å²) in [6.45, 7) is 4.95. The summed E-state index contributed by atoms with van der Waals surface area (Å²) in [6.07, 6.45) is 0.979. The maximum atomic E-state index is 13.3. The molecule has 1 rings (SSSR count). The van der Waals surface area contributed by atoms with Gasteiger partial charge in [-0.15, -0.1) is 0 Å². The van der Waals surface area contributed by atoms with Crippen LogP contribution in [0.3, 0.4) is 0 Å². The van der Waals surface area contributed by atoms with Gasteiger partial charge in [-0.1, -0.05) is 0 Å². The first-order valence-electron chi connectivity index (χ1n) is 5.63. The molecule has 0 bridgehead atoms. The first-order valence-corrected chi connectivity index (χ1v) is 5.63. The number of aromatic nitrogens is 2. The van der Waals surface area contributed by atoms with Crippen LogP contribution in [0, 0.1) is 5.82 Å². The Hall–Kier alpha value is -1.96. The molecule has 0 unspecified atom stereocenters. The minimum absolute atomic E-state index is 0.0282. The van der Waals surface area contributed by atoms with Crippen LogP contribution >= 0.6 is 0 Å². The van der Waals surface area contributed by atoms with Crippen molar-refractivity contribution in [1.29, 1.82) is 0 Å². The summed E-state index contributed by atoms with van der Waals surface area (Å²) in [6, 6.07) is 0. The number of rotatable bonds is 6. The number of hydrazine groups is 1. The molecule has 1 aromatic heterocycles. The van der Waals surface area contributed by atoms with Crippen LogP contribution < -0.4 is 16.6 Å². The lowest BCUT2D eigenvalue weighted by atomic mass is 10.4. The molecule has 0 aliphatic carbocycles. The molecule has 0 saturated carbocycles. The Morgan fingerprint density at radius 2 is 2.17 bits per heavy atom. The lowest BCUT2D eigenvalue weighted by Gasteiger charge is -2.18. The molecule has 1 heterocycles. The number of carbonyl (C=O) groups is 1. The van der Waals surface area contributed by atoms with Crippen LogP contribution in [-0.2, 0) is 4.79 Å². The first-order chi connectivity index (χ1) is 8.62. The van der Waals surface area contributed by atoms with Crippen molar-refractivity contribution in [1.82, 2.24) is 14.9 Å². The number of anilines is 2. The van der Waals surface area contributed by atoms with Gasteiger partial charge in [-0.2, -0.15) is 4.98 Å². The summed E-state index contributed by atoms with van der Waals surface area (Å²) in [4.78, 5) is 20.7. The standard InChI is InChI=1S/C10H17FN6O/c1-3-17(4-2)8(18)6-13-9-7(11)5-14-10(15-9)16-12/h5H,3-4,6,12H2,1-2H3,(H2,13,14,15,16). The molecule has 0 radical (unpaired) electrons. The monoisotopic (exact) mass is 256 g/mol. The number of nitrogen functional groups attached to an aromatic ring is 1. The molecule has 7 nitrogen and oxygen atoms in total. The van der Waals surface area contributed by atoms with E-state index in [9.17, 15) is 9.18 Å². The van der Waals surface area contributed by atoms with Crippen molar-refractivity contribution < 1.29 is 9.18 Å². The van der Waals surface area contributed by atoms with Gasteiger partial charge < -0.3 is 10.2 Å². The van der Waals surface area contributed by atoms with Crippen LogP contribution in [-0.4, -0.2) is 40.4 Å². The van der Waals surface area contributed by atoms with E-state index in [0.717, 1.165) is 6.20 Å². The molecule has 1 aromatic rings. The molecular weight excluding hydrogens is 239 g/mol. The van der Waals surface area contributed by atoms with Crippen LogP contribution in [0.25, 0.3) is 0 Å². The van der Waals surface area contributed by atoms with Crippen LogP contribution in [0.4, 0.5) is 16.2 Å². The van der Waals surface area contributed by atoms with Crippen molar-refractivity contribution in [2.75, 3.05) is 30.4 Å². The average Bonchev–Trinajstić information content (AvgIpc) is 2.39. The number of hydrogen-bond donors (Lipinski definition) is 3. The number of nitrogens with one attached hydrogen (secondary N) is 2. The Morgan fingerprint density at radius 1 is 1.50 bits per heavy atom. The third-order valence-electron chi connectivity index (χ3n) is 2.40. The van der Waals surface area contributed by atoms with E-state index in [1.165, 1.54) is 0 Å². The summed E-state index contributed by atoms with van der Waals surface area (Å²) in [5.41, 5.74) is 2.20. The number of nitrogens with two attached hydrogens (primary N) is 1. The van der Waals surface area contributed by atoms with E-state index in [4.69, 9.17) is 5.84 Å². The number of hydrogen-bond acceptors (Lipinski definition) is 6. The van der Waals surface area contributed by atoms with E-state index in [-0.39, 0.29) is 24.2 Å². The third kappa shape index (κ3) is 3.52. The van der Waals surface area contributed by atoms with Crippen LogP contribution in [0.5, 0.6) is 0 Å². The van der Waals surface area contributed by atoms with E-state index in [1.54, 1.807) is 4.90 Å². The van der Waals surface area contributed by atoms with Gasteiger partial charge >= 0.3 is 0 Å². The Morgan fingerprint density at radius 3 is 2.72 bits per heavy atom. The third-order valence-corrected chi connectivity index (χ3v) is 2.40. The Labute approximate surface area is 105 Å². The Kier molecular flexibility index (Phi) is 5.25. The van der Waals surface area contributed by atoms with Gasteiger partial charge in [0.2, 0.25) is 11.9 Å². The maximum absolute atomic E-state index is 13.3. The predicted octanol–water partition coefficient (Wildman–Crippen LogP) is 0.182. The number of halogens is 1. The Balaban J connectivity index is 2.65. The molecule has 100 valence electrons. The quantitative estimate of drug-likeness (QED) is 0.496. The summed E-state index contributed by atoms with van der Waals surface area (Å²) in [5, 5.41) is 2.62. The van der Waals surface area contributed by atoms with E-state index >= 15 is 0 Å². The fraction of sp³-hybridized carbons (Fsp3) is 0.500. The molecule has 4 N–H and O–H groups in total. The second kappa shape index (κ2) is 6.70. The lowest BCUT2D eigenvalue weighted by Crippen LogP contribution is -2.35. The Bertz CT molecular complexity index is 409. The predicted molar refractivity (Wildman–Crippen MR) is 66.2 cm³/mol. The minimum Gasteiger partial charge on any atom is -0.358 e. The fourth-order valence-corrected chi connectivity index (χ4v) is 1.41. The van der Waals surface area contributed by atoms with Crippen molar-refractivity contribution in [3.05, 3.63) is 12.0 Å². The van der Waals surface area contributed by atoms with Crippen molar-refractivity contribution in [2.45, 2.75) is 13.8 Å². The number of amides is 1. The zero-order chi connectivity index (χ0) is 13.5. The largest absolute Gasteiger partial charge is 0.358 e. The van der Waals surface area contributed by atoms with Crippen molar-refractivity contribution >= 4 is 17.7 Å². The normalized spacial score (nSPS) is 10.0.